The van der Waals surface area contributed by atoms with E-state index in [1.807, 2.05) is 6.07 Å². The minimum Gasteiger partial charge on any atom is -0.468 e. The van der Waals surface area contributed by atoms with Crippen LogP contribution < -0.4 is 0 Å². The molecule has 98 valence electrons. The van der Waals surface area contributed by atoms with Gasteiger partial charge in [0.2, 0.25) is 10.0 Å². The van der Waals surface area contributed by atoms with Crippen LogP contribution in [0.3, 0.4) is 0 Å². The number of carbonyl (C=O) groups excluding carboxylic acids is 1. The highest BCUT2D eigenvalue weighted by molar-refractivity contribution is 7.89. The van der Waals surface area contributed by atoms with Crippen molar-refractivity contribution >= 4 is 16.0 Å². The Morgan fingerprint density at radius 2 is 2.00 bits per heavy atom. The Balaban J connectivity index is 4.64. The van der Waals surface area contributed by atoms with Crippen LogP contribution in [0.15, 0.2) is 0 Å². The zero-order chi connectivity index (χ0) is 13.3. The number of esters is 1. The predicted octanol–water partition coefficient (Wildman–Crippen LogP) is -0.649. The number of methoxy groups -OCH3 is 2. The summed E-state index contributed by atoms with van der Waals surface area (Å²) < 4.78 is 33.7. The second-order valence-corrected chi connectivity index (χ2v) is 5.10. The summed E-state index contributed by atoms with van der Waals surface area (Å²) in [4.78, 5) is 11.0. The van der Waals surface area contributed by atoms with Gasteiger partial charge in [-0.2, -0.15) is 9.57 Å². The first-order valence-electron chi connectivity index (χ1n) is 4.88. The average molecular weight is 264 g/mol. The van der Waals surface area contributed by atoms with Crippen LogP contribution in [0.2, 0.25) is 0 Å². The van der Waals surface area contributed by atoms with E-state index in [-0.39, 0.29) is 26.1 Å². The van der Waals surface area contributed by atoms with E-state index in [0.717, 1.165) is 11.4 Å². The molecule has 0 N–H and O–H groups in total. The molecular formula is C9H16N2O5S. The summed E-state index contributed by atoms with van der Waals surface area (Å²) in [6, 6.07) is 1.85. The molecule has 0 radical (unpaired) electrons. The topological polar surface area (TPSA) is 96.7 Å². The number of hydrogen-bond acceptors (Lipinski definition) is 6. The Morgan fingerprint density at radius 1 is 1.35 bits per heavy atom. The second-order valence-electron chi connectivity index (χ2n) is 3.13. The molecule has 0 saturated carbocycles. The van der Waals surface area contributed by atoms with Crippen LogP contribution in [0.1, 0.15) is 6.42 Å². The molecule has 0 unspecified atom stereocenters. The van der Waals surface area contributed by atoms with E-state index in [1.165, 1.54) is 7.11 Å². The maximum Gasteiger partial charge on any atom is 0.322 e. The van der Waals surface area contributed by atoms with Crippen LogP contribution in [0.25, 0.3) is 0 Å². The number of ether oxygens (including phenoxy) is 2. The fourth-order valence-electron chi connectivity index (χ4n) is 1.06. The van der Waals surface area contributed by atoms with Crippen molar-refractivity contribution < 1.29 is 22.7 Å². The number of rotatable bonds is 8. The van der Waals surface area contributed by atoms with Crippen molar-refractivity contribution in [3.8, 4) is 6.07 Å². The normalized spacial score (nSPS) is 11.2. The van der Waals surface area contributed by atoms with Crippen molar-refractivity contribution in [2.45, 2.75) is 6.42 Å². The minimum atomic E-state index is -3.75. The largest absolute Gasteiger partial charge is 0.468 e. The van der Waals surface area contributed by atoms with Crippen molar-refractivity contribution in [2.24, 2.45) is 0 Å². The van der Waals surface area contributed by atoms with Crippen LogP contribution in [0.5, 0.6) is 0 Å². The molecule has 0 atom stereocenters. The van der Waals surface area contributed by atoms with E-state index >= 15 is 0 Å². The number of sulfonamides is 1. The van der Waals surface area contributed by atoms with Gasteiger partial charge in [0, 0.05) is 26.6 Å². The van der Waals surface area contributed by atoms with Gasteiger partial charge in [0.25, 0.3) is 0 Å². The molecule has 0 saturated heterocycles. The highest BCUT2D eigenvalue weighted by Gasteiger charge is 2.25. The molecule has 0 fully saturated rings. The van der Waals surface area contributed by atoms with Gasteiger partial charge >= 0.3 is 5.97 Å². The number of nitrogens with zero attached hydrogens (tertiary/aromatic N) is 2. The first kappa shape index (κ1) is 15.8. The molecule has 8 heteroatoms. The molecule has 0 bridgehead atoms. The van der Waals surface area contributed by atoms with Crippen molar-refractivity contribution in [3.05, 3.63) is 0 Å². The molecule has 0 aromatic rings. The quantitative estimate of drug-likeness (QED) is 0.540. The van der Waals surface area contributed by atoms with Crippen molar-refractivity contribution in [1.29, 1.82) is 5.26 Å². The summed E-state index contributed by atoms with van der Waals surface area (Å²) in [7, 11) is -1.19. The number of hydrogen-bond donors (Lipinski definition) is 0. The molecule has 0 rings (SSSR count). The molecule has 0 heterocycles. The molecule has 0 amide bonds. The standard InChI is InChI=1S/C9H16N2O5S/c1-15-7-6-11(5-3-4-10)17(13,14)8-9(12)16-2/h3,5-8H2,1-2H3. The minimum absolute atomic E-state index is 0.0409. The predicted molar refractivity (Wildman–Crippen MR) is 59.5 cm³/mol. The summed E-state index contributed by atoms with van der Waals surface area (Å²) in [6.07, 6.45) is 0.0596. The highest BCUT2D eigenvalue weighted by Crippen LogP contribution is 2.03. The monoisotopic (exact) mass is 264 g/mol. The van der Waals surface area contributed by atoms with Gasteiger partial charge in [-0.1, -0.05) is 0 Å². The molecule has 0 aromatic carbocycles. The van der Waals surface area contributed by atoms with E-state index in [9.17, 15) is 13.2 Å². The summed E-state index contributed by atoms with van der Waals surface area (Å²) in [5.41, 5.74) is 0. The van der Waals surface area contributed by atoms with Gasteiger partial charge < -0.3 is 9.47 Å². The first-order valence-corrected chi connectivity index (χ1v) is 6.49. The van der Waals surface area contributed by atoms with E-state index in [2.05, 4.69) is 4.74 Å². The van der Waals surface area contributed by atoms with Gasteiger partial charge in [-0.15, -0.1) is 0 Å². The molecule has 7 nitrogen and oxygen atoms in total. The van der Waals surface area contributed by atoms with Gasteiger partial charge in [-0.25, -0.2) is 8.42 Å². The third-order valence-corrected chi connectivity index (χ3v) is 3.69. The maximum absolute atomic E-state index is 11.8. The van der Waals surface area contributed by atoms with Crippen LogP contribution in [-0.2, 0) is 24.3 Å². The zero-order valence-electron chi connectivity index (χ0n) is 9.88. The van der Waals surface area contributed by atoms with Gasteiger partial charge in [-0.3, -0.25) is 4.79 Å². The van der Waals surface area contributed by atoms with Crippen molar-refractivity contribution in [1.82, 2.24) is 4.31 Å². The average Bonchev–Trinajstić information content (AvgIpc) is 2.28. The van der Waals surface area contributed by atoms with Crippen LogP contribution in [0, 0.1) is 11.3 Å². The fraction of sp³-hybridized carbons (Fsp3) is 0.778. The van der Waals surface area contributed by atoms with Gasteiger partial charge in [0.1, 0.15) is 0 Å². The second kappa shape index (κ2) is 8.00. The first-order chi connectivity index (χ1) is 7.97. The van der Waals surface area contributed by atoms with Gasteiger partial charge in [0.15, 0.2) is 5.75 Å². The van der Waals surface area contributed by atoms with Crippen LogP contribution in [0.4, 0.5) is 0 Å². The zero-order valence-corrected chi connectivity index (χ0v) is 10.7. The smallest absolute Gasteiger partial charge is 0.322 e. The van der Waals surface area contributed by atoms with Crippen LogP contribution in [-0.4, -0.2) is 58.4 Å². The summed E-state index contributed by atoms with van der Waals surface area (Å²) in [6.45, 7) is 0.350. The molecule has 0 aliphatic carbocycles. The molecule has 17 heavy (non-hydrogen) atoms. The fourth-order valence-corrected chi connectivity index (χ4v) is 2.38. The third-order valence-electron chi connectivity index (χ3n) is 1.94. The molecule has 0 aliphatic heterocycles. The van der Waals surface area contributed by atoms with Crippen LogP contribution >= 0.6 is 0 Å². The SMILES string of the molecule is COCCN(CCC#N)S(=O)(=O)CC(=O)OC. The number of carbonyl (C=O) groups is 1. The van der Waals surface area contributed by atoms with Gasteiger partial charge in [0.05, 0.1) is 19.8 Å². The number of nitriles is 1. The Morgan fingerprint density at radius 3 is 2.47 bits per heavy atom. The molecular weight excluding hydrogens is 248 g/mol. The van der Waals surface area contributed by atoms with E-state index in [0.29, 0.717) is 0 Å². The summed E-state index contributed by atoms with van der Waals surface area (Å²) in [5, 5.41) is 8.44. The Kier molecular flexibility index (Phi) is 7.45. The van der Waals surface area contributed by atoms with E-state index in [1.54, 1.807) is 0 Å². The lowest BCUT2D eigenvalue weighted by Gasteiger charge is -2.19. The van der Waals surface area contributed by atoms with Crippen molar-refractivity contribution in [2.75, 3.05) is 39.7 Å². The Bertz CT molecular complexity index is 373. The third kappa shape index (κ3) is 6.21. The summed E-state index contributed by atoms with van der Waals surface area (Å²) >= 11 is 0. The molecule has 0 aromatic heterocycles. The maximum atomic E-state index is 11.8. The lowest BCUT2D eigenvalue weighted by Crippen LogP contribution is -2.38. The lowest BCUT2D eigenvalue weighted by molar-refractivity contribution is -0.137. The molecule has 0 spiro atoms. The van der Waals surface area contributed by atoms with Crippen molar-refractivity contribution in [3.63, 3.8) is 0 Å². The lowest BCUT2D eigenvalue weighted by atomic mass is 10.4. The van der Waals surface area contributed by atoms with Gasteiger partial charge in [-0.05, 0) is 0 Å². The molecule has 0 aliphatic rings. The Hall–Kier alpha value is -1.17. The van der Waals surface area contributed by atoms with E-state index < -0.39 is 21.7 Å². The highest BCUT2D eigenvalue weighted by atomic mass is 32.2. The summed E-state index contributed by atoms with van der Waals surface area (Å²) in [5.74, 6) is -1.55. The Labute approximate surface area is 101 Å². The van der Waals surface area contributed by atoms with E-state index in [4.69, 9.17) is 10.00 Å².